The van der Waals surface area contributed by atoms with Crippen LogP contribution in [0.5, 0.6) is 0 Å². The molecule has 8 nitrogen and oxygen atoms in total. The number of rotatable bonds is 5. The topological polar surface area (TPSA) is 91.4 Å². The lowest BCUT2D eigenvalue weighted by molar-refractivity contribution is -0.133. The van der Waals surface area contributed by atoms with Crippen molar-refractivity contribution in [2.24, 2.45) is 5.41 Å². The van der Waals surface area contributed by atoms with Crippen molar-refractivity contribution in [1.82, 2.24) is 25.0 Å². The van der Waals surface area contributed by atoms with Crippen LogP contribution in [0.3, 0.4) is 0 Å². The van der Waals surface area contributed by atoms with E-state index in [-0.39, 0.29) is 23.3 Å². The largest absolute Gasteiger partial charge is 0.376 e. The number of aryl methyl sites for hydroxylation is 2. The van der Waals surface area contributed by atoms with Crippen LogP contribution in [-0.4, -0.2) is 75.7 Å². The molecule has 4 heterocycles. The second-order valence-electron chi connectivity index (χ2n) is 8.30. The van der Waals surface area contributed by atoms with Gasteiger partial charge >= 0.3 is 0 Å². The van der Waals surface area contributed by atoms with E-state index in [1.54, 1.807) is 0 Å². The molecule has 3 fully saturated rings. The first-order chi connectivity index (χ1) is 13.0. The molecular formula is C19H29N5O3. The maximum atomic E-state index is 12.5. The number of likely N-dealkylation sites (tertiary alicyclic amines) is 2. The number of H-pyrrole nitrogens is 1. The quantitative estimate of drug-likeness (QED) is 0.831. The van der Waals surface area contributed by atoms with E-state index in [0.717, 1.165) is 64.3 Å². The van der Waals surface area contributed by atoms with Crippen LogP contribution in [-0.2, 0) is 20.7 Å². The highest BCUT2D eigenvalue weighted by molar-refractivity contribution is 5.80. The molecule has 3 saturated heterocycles. The second kappa shape index (κ2) is 7.58. The average Bonchev–Trinajstić information content (AvgIpc) is 3.37. The first kappa shape index (κ1) is 18.4. The molecule has 0 radical (unpaired) electrons. The molecule has 1 aromatic heterocycles. The lowest BCUT2D eigenvalue weighted by Gasteiger charge is -2.39. The third-order valence-electron chi connectivity index (χ3n) is 6.24. The number of hydrogen-bond donors (Lipinski definition) is 1. The van der Waals surface area contributed by atoms with E-state index < -0.39 is 0 Å². The Morgan fingerprint density at radius 1 is 1.37 bits per heavy atom. The molecule has 1 atom stereocenters. The third kappa shape index (κ3) is 4.15. The fourth-order valence-electron chi connectivity index (χ4n) is 4.63. The lowest BCUT2D eigenvalue weighted by Crippen LogP contribution is -2.44. The Kier molecular flexibility index (Phi) is 5.16. The zero-order chi connectivity index (χ0) is 18.9. The Morgan fingerprint density at radius 2 is 2.19 bits per heavy atom. The lowest BCUT2D eigenvalue weighted by atomic mass is 9.77. The van der Waals surface area contributed by atoms with Gasteiger partial charge in [-0.2, -0.15) is 5.10 Å². The Labute approximate surface area is 159 Å². The summed E-state index contributed by atoms with van der Waals surface area (Å²) in [6.07, 6.45) is 5.82. The van der Waals surface area contributed by atoms with Gasteiger partial charge in [-0.3, -0.25) is 14.7 Å². The van der Waals surface area contributed by atoms with Crippen LogP contribution >= 0.6 is 0 Å². The number of hydrogen-bond acceptors (Lipinski definition) is 5. The van der Waals surface area contributed by atoms with E-state index in [2.05, 4.69) is 15.2 Å². The molecule has 0 saturated carbocycles. The molecular weight excluding hydrogens is 346 g/mol. The Morgan fingerprint density at radius 3 is 2.85 bits per heavy atom. The van der Waals surface area contributed by atoms with Crippen molar-refractivity contribution >= 4 is 11.8 Å². The minimum Gasteiger partial charge on any atom is -0.376 e. The van der Waals surface area contributed by atoms with Crippen molar-refractivity contribution in [2.75, 3.05) is 32.8 Å². The molecule has 0 bridgehead atoms. The summed E-state index contributed by atoms with van der Waals surface area (Å²) in [5, 5.41) is 6.90. The number of nitrogens with one attached hydrogen (secondary N) is 1. The summed E-state index contributed by atoms with van der Waals surface area (Å²) >= 11 is 0. The molecule has 27 heavy (non-hydrogen) atoms. The van der Waals surface area contributed by atoms with Gasteiger partial charge in [-0.1, -0.05) is 0 Å². The zero-order valence-electron chi connectivity index (χ0n) is 16.1. The molecule has 1 N–H and O–H groups in total. The second-order valence-corrected chi connectivity index (χ2v) is 8.30. The third-order valence-corrected chi connectivity index (χ3v) is 6.24. The molecule has 1 unspecified atom stereocenters. The van der Waals surface area contributed by atoms with Crippen molar-refractivity contribution in [3.8, 4) is 0 Å². The number of carbonyl (C=O) groups excluding carboxylic acids is 2. The Bertz CT molecular complexity index is 689. The first-order valence-corrected chi connectivity index (χ1v) is 10.1. The van der Waals surface area contributed by atoms with Gasteiger partial charge in [0.2, 0.25) is 11.8 Å². The number of aromatic nitrogens is 3. The highest BCUT2D eigenvalue weighted by atomic mass is 16.5. The Balaban J connectivity index is 1.25. The van der Waals surface area contributed by atoms with Gasteiger partial charge in [0.1, 0.15) is 5.82 Å². The zero-order valence-corrected chi connectivity index (χ0v) is 16.1. The minimum atomic E-state index is 0.0489. The van der Waals surface area contributed by atoms with Crippen LogP contribution in [0.25, 0.3) is 0 Å². The number of amides is 2. The van der Waals surface area contributed by atoms with Crippen LogP contribution < -0.4 is 0 Å². The SMILES string of the molecule is Cc1nc(CCC(=O)N2CCC3(CC2)CC(=O)N(CC2CCCO2)C3)n[nH]1. The van der Waals surface area contributed by atoms with Crippen molar-refractivity contribution in [3.05, 3.63) is 11.6 Å². The molecule has 2 amide bonds. The van der Waals surface area contributed by atoms with Gasteiger partial charge in [-0.05, 0) is 32.6 Å². The van der Waals surface area contributed by atoms with Crippen LogP contribution in [0, 0.1) is 12.3 Å². The Hall–Kier alpha value is -1.96. The van der Waals surface area contributed by atoms with Crippen LogP contribution in [0.4, 0.5) is 0 Å². The summed E-state index contributed by atoms with van der Waals surface area (Å²) in [5.74, 6) is 1.88. The van der Waals surface area contributed by atoms with Crippen molar-refractivity contribution < 1.29 is 14.3 Å². The number of nitrogens with zero attached hydrogens (tertiary/aromatic N) is 4. The minimum absolute atomic E-state index is 0.0489. The maximum absolute atomic E-state index is 12.5. The molecule has 1 spiro atoms. The standard InChI is InChI=1S/C19H29N5O3/c1-14-20-16(22-21-14)4-5-17(25)23-8-6-19(7-9-23)11-18(26)24(13-19)12-15-3-2-10-27-15/h15H,2-13H2,1H3,(H,20,21,22). The smallest absolute Gasteiger partial charge is 0.223 e. The monoisotopic (exact) mass is 375 g/mol. The van der Waals surface area contributed by atoms with Gasteiger partial charge in [0.05, 0.1) is 6.10 Å². The molecule has 0 aliphatic carbocycles. The van der Waals surface area contributed by atoms with Crippen LogP contribution in [0.2, 0.25) is 0 Å². The van der Waals surface area contributed by atoms with Gasteiger partial charge in [-0.15, -0.1) is 0 Å². The summed E-state index contributed by atoms with van der Waals surface area (Å²) in [6.45, 7) is 5.72. The van der Waals surface area contributed by atoms with Gasteiger partial charge < -0.3 is 14.5 Å². The fourth-order valence-corrected chi connectivity index (χ4v) is 4.63. The molecule has 148 valence electrons. The summed E-state index contributed by atoms with van der Waals surface area (Å²) in [6, 6.07) is 0. The van der Waals surface area contributed by atoms with Crippen LogP contribution in [0.1, 0.15) is 50.2 Å². The maximum Gasteiger partial charge on any atom is 0.223 e. The van der Waals surface area contributed by atoms with Gasteiger partial charge in [0, 0.05) is 57.5 Å². The average molecular weight is 375 g/mol. The number of piperidine rings is 1. The first-order valence-electron chi connectivity index (χ1n) is 10.1. The summed E-state index contributed by atoms with van der Waals surface area (Å²) in [5.41, 5.74) is 0.0489. The molecule has 4 rings (SSSR count). The molecule has 8 heteroatoms. The van der Waals surface area contributed by atoms with E-state index >= 15 is 0 Å². The molecule has 3 aliphatic rings. The van der Waals surface area contributed by atoms with Crippen molar-refractivity contribution in [3.63, 3.8) is 0 Å². The van der Waals surface area contributed by atoms with Crippen molar-refractivity contribution in [1.29, 1.82) is 0 Å². The highest BCUT2D eigenvalue weighted by Gasteiger charge is 2.45. The predicted molar refractivity (Wildman–Crippen MR) is 97.9 cm³/mol. The normalized spacial score (nSPS) is 24.9. The summed E-state index contributed by atoms with van der Waals surface area (Å²) in [4.78, 5) is 33.2. The molecule has 3 aliphatic heterocycles. The molecule has 0 aromatic carbocycles. The van der Waals surface area contributed by atoms with Gasteiger partial charge in [0.15, 0.2) is 5.82 Å². The van der Waals surface area contributed by atoms with Crippen LogP contribution in [0.15, 0.2) is 0 Å². The van der Waals surface area contributed by atoms with E-state index in [1.165, 1.54) is 0 Å². The van der Waals surface area contributed by atoms with E-state index in [9.17, 15) is 9.59 Å². The number of aromatic amines is 1. The predicted octanol–water partition coefficient (Wildman–Crippen LogP) is 1.07. The van der Waals surface area contributed by atoms with Crippen molar-refractivity contribution in [2.45, 2.75) is 58.0 Å². The number of ether oxygens (including phenoxy) is 1. The molecule has 1 aromatic rings. The summed E-state index contributed by atoms with van der Waals surface area (Å²) < 4.78 is 5.69. The number of carbonyl (C=O) groups is 2. The van der Waals surface area contributed by atoms with E-state index in [1.807, 2.05) is 16.7 Å². The highest BCUT2D eigenvalue weighted by Crippen LogP contribution is 2.41. The van der Waals surface area contributed by atoms with Gasteiger partial charge in [0.25, 0.3) is 0 Å². The fraction of sp³-hybridized carbons (Fsp3) is 0.789. The van der Waals surface area contributed by atoms with E-state index in [0.29, 0.717) is 25.1 Å². The summed E-state index contributed by atoms with van der Waals surface area (Å²) in [7, 11) is 0. The van der Waals surface area contributed by atoms with Gasteiger partial charge in [-0.25, -0.2) is 4.98 Å². The van der Waals surface area contributed by atoms with E-state index in [4.69, 9.17) is 4.74 Å².